The van der Waals surface area contributed by atoms with Crippen molar-refractivity contribution in [3.8, 4) is 16.9 Å². The van der Waals surface area contributed by atoms with Crippen LogP contribution in [0.15, 0.2) is 42.5 Å². The number of ether oxygens (including phenoxy) is 1. The Morgan fingerprint density at radius 2 is 1.89 bits per heavy atom. The van der Waals surface area contributed by atoms with Crippen LogP contribution < -0.4 is 10.1 Å². The summed E-state index contributed by atoms with van der Waals surface area (Å²) in [4.78, 5) is 0. The predicted octanol–water partition coefficient (Wildman–Crippen LogP) is 3.39. The van der Waals surface area contributed by atoms with Gasteiger partial charge in [-0.1, -0.05) is 30.3 Å². The van der Waals surface area contributed by atoms with Crippen LogP contribution >= 0.6 is 0 Å². The Hall–Kier alpha value is -1.80. The van der Waals surface area contributed by atoms with Crippen LogP contribution in [0.25, 0.3) is 11.1 Å². The van der Waals surface area contributed by atoms with Crippen LogP contribution in [0, 0.1) is 6.92 Å². The second-order valence-electron chi connectivity index (χ2n) is 4.37. The number of nitrogens with one attached hydrogen (secondary N) is 1. The molecule has 0 radical (unpaired) electrons. The molecule has 0 saturated carbocycles. The minimum atomic E-state index is 0.876. The molecule has 18 heavy (non-hydrogen) atoms. The van der Waals surface area contributed by atoms with Crippen LogP contribution in [0.1, 0.15) is 11.1 Å². The van der Waals surface area contributed by atoms with Crippen molar-refractivity contribution in [1.29, 1.82) is 0 Å². The quantitative estimate of drug-likeness (QED) is 0.886. The van der Waals surface area contributed by atoms with E-state index in [2.05, 4.69) is 48.6 Å². The average molecular weight is 241 g/mol. The Bertz CT molecular complexity index is 534. The van der Waals surface area contributed by atoms with Crippen LogP contribution in [0.2, 0.25) is 0 Å². The van der Waals surface area contributed by atoms with Gasteiger partial charge >= 0.3 is 0 Å². The highest BCUT2D eigenvalue weighted by Crippen LogP contribution is 2.28. The number of methoxy groups -OCH3 is 1. The van der Waals surface area contributed by atoms with E-state index in [0.29, 0.717) is 0 Å². The van der Waals surface area contributed by atoms with Crippen LogP contribution in [0.4, 0.5) is 0 Å². The van der Waals surface area contributed by atoms with Crippen LogP contribution in [-0.2, 0) is 6.54 Å². The van der Waals surface area contributed by atoms with E-state index in [9.17, 15) is 0 Å². The summed E-state index contributed by atoms with van der Waals surface area (Å²) in [5, 5.41) is 3.21. The van der Waals surface area contributed by atoms with Gasteiger partial charge in [0, 0.05) is 6.54 Å². The highest BCUT2D eigenvalue weighted by atomic mass is 16.5. The fraction of sp³-hybridized carbons (Fsp3) is 0.250. The molecule has 2 nitrogen and oxygen atoms in total. The first kappa shape index (κ1) is 12.7. The van der Waals surface area contributed by atoms with Crippen molar-refractivity contribution in [3.05, 3.63) is 53.6 Å². The molecule has 0 bridgehead atoms. The molecule has 1 N–H and O–H groups in total. The minimum Gasteiger partial charge on any atom is -0.496 e. The first-order valence-electron chi connectivity index (χ1n) is 6.13. The van der Waals surface area contributed by atoms with Crippen molar-refractivity contribution in [2.75, 3.05) is 14.2 Å². The molecule has 0 aliphatic carbocycles. The van der Waals surface area contributed by atoms with Crippen LogP contribution in [-0.4, -0.2) is 14.2 Å². The summed E-state index contributed by atoms with van der Waals surface area (Å²) >= 11 is 0. The lowest BCUT2D eigenvalue weighted by Crippen LogP contribution is -2.06. The van der Waals surface area contributed by atoms with Crippen molar-refractivity contribution in [3.63, 3.8) is 0 Å². The number of hydrogen-bond donors (Lipinski definition) is 1. The zero-order chi connectivity index (χ0) is 13.0. The van der Waals surface area contributed by atoms with Crippen molar-refractivity contribution in [2.24, 2.45) is 0 Å². The summed E-state index contributed by atoms with van der Waals surface area (Å²) in [6, 6.07) is 14.8. The van der Waals surface area contributed by atoms with E-state index in [-0.39, 0.29) is 0 Å². The van der Waals surface area contributed by atoms with Gasteiger partial charge in [0.15, 0.2) is 0 Å². The molecule has 94 valence electrons. The van der Waals surface area contributed by atoms with Crippen molar-refractivity contribution in [2.45, 2.75) is 13.5 Å². The molecule has 0 aliphatic rings. The Morgan fingerprint density at radius 3 is 2.56 bits per heavy atom. The van der Waals surface area contributed by atoms with Gasteiger partial charge in [-0.25, -0.2) is 0 Å². The molecule has 0 spiro atoms. The highest BCUT2D eigenvalue weighted by Gasteiger charge is 2.06. The third-order valence-corrected chi connectivity index (χ3v) is 3.09. The van der Waals surface area contributed by atoms with Crippen molar-refractivity contribution >= 4 is 0 Å². The summed E-state index contributed by atoms with van der Waals surface area (Å²) < 4.78 is 5.30. The molecule has 2 rings (SSSR count). The molecule has 0 aromatic heterocycles. The number of hydrogen-bond acceptors (Lipinski definition) is 2. The van der Waals surface area contributed by atoms with Gasteiger partial charge in [-0.15, -0.1) is 0 Å². The molecule has 2 heteroatoms. The van der Waals surface area contributed by atoms with Gasteiger partial charge in [0.05, 0.1) is 7.11 Å². The second kappa shape index (κ2) is 5.69. The monoisotopic (exact) mass is 241 g/mol. The van der Waals surface area contributed by atoms with Gasteiger partial charge in [-0.2, -0.15) is 0 Å². The molecule has 0 atom stereocenters. The van der Waals surface area contributed by atoms with E-state index in [1.807, 2.05) is 13.1 Å². The van der Waals surface area contributed by atoms with Gasteiger partial charge in [0.2, 0.25) is 0 Å². The fourth-order valence-corrected chi connectivity index (χ4v) is 2.19. The second-order valence-corrected chi connectivity index (χ2v) is 4.37. The average Bonchev–Trinajstić information content (AvgIpc) is 2.40. The Balaban J connectivity index is 2.45. The Kier molecular flexibility index (Phi) is 4.00. The third kappa shape index (κ3) is 2.54. The summed E-state index contributed by atoms with van der Waals surface area (Å²) in [6.07, 6.45) is 0. The fourth-order valence-electron chi connectivity index (χ4n) is 2.19. The van der Waals surface area contributed by atoms with E-state index < -0.39 is 0 Å². The van der Waals surface area contributed by atoms with Crippen molar-refractivity contribution < 1.29 is 4.74 Å². The lowest BCUT2D eigenvalue weighted by Gasteiger charge is -2.11. The molecular formula is C16H19NO. The Labute approximate surface area is 109 Å². The van der Waals surface area contributed by atoms with Gasteiger partial charge < -0.3 is 10.1 Å². The third-order valence-electron chi connectivity index (χ3n) is 3.09. The number of benzene rings is 2. The predicted molar refractivity (Wildman–Crippen MR) is 75.9 cm³/mol. The summed E-state index contributed by atoms with van der Waals surface area (Å²) in [5.74, 6) is 0.935. The van der Waals surface area contributed by atoms with Gasteiger partial charge in [-0.05, 0) is 48.4 Å². The molecule has 0 saturated heterocycles. The van der Waals surface area contributed by atoms with Gasteiger partial charge in [-0.3, -0.25) is 0 Å². The first-order chi connectivity index (χ1) is 8.76. The standard InChI is InChI=1S/C16H19NO/c1-12-10-13(8-9-16(12)18-3)15-7-5-4-6-14(15)11-17-2/h4-10,17H,11H2,1-3H3. The van der Waals surface area contributed by atoms with Gasteiger partial charge in [0.25, 0.3) is 0 Å². The number of aryl methyl sites for hydroxylation is 1. The topological polar surface area (TPSA) is 21.3 Å². The normalized spacial score (nSPS) is 10.4. The maximum absolute atomic E-state index is 5.30. The summed E-state index contributed by atoms with van der Waals surface area (Å²) in [5.41, 5.74) is 4.98. The van der Waals surface area contributed by atoms with Crippen LogP contribution in [0.5, 0.6) is 5.75 Å². The molecule has 0 amide bonds. The molecule has 2 aromatic rings. The maximum atomic E-state index is 5.30. The zero-order valence-corrected chi connectivity index (χ0v) is 11.2. The van der Waals surface area contributed by atoms with E-state index in [1.54, 1.807) is 7.11 Å². The highest BCUT2D eigenvalue weighted by molar-refractivity contribution is 5.69. The largest absolute Gasteiger partial charge is 0.496 e. The number of rotatable bonds is 4. The van der Waals surface area contributed by atoms with E-state index in [1.165, 1.54) is 16.7 Å². The SMILES string of the molecule is CNCc1ccccc1-c1ccc(OC)c(C)c1. The van der Waals surface area contributed by atoms with Gasteiger partial charge in [0.1, 0.15) is 5.75 Å². The molecule has 2 aromatic carbocycles. The van der Waals surface area contributed by atoms with Crippen molar-refractivity contribution in [1.82, 2.24) is 5.32 Å². The Morgan fingerprint density at radius 1 is 1.11 bits per heavy atom. The maximum Gasteiger partial charge on any atom is 0.121 e. The minimum absolute atomic E-state index is 0.876. The van der Waals surface area contributed by atoms with E-state index in [4.69, 9.17) is 4.74 Å². The lowest BCUT2D eigenvalue weighted by atomic mass is 9.98. The smallest absolute Gasteiger partial charge is 0.121 e. The molecule has 0 fully saturated rings. The van der Waals surface area contributed by atoms with E-state index in [0.717, 1.165) is 17.9 Å². The molecule has 0 heterocycles. The first-order valence-corrected chi connectivity index (χ1v) is 6.13. The summed E-state index contributed by atoms with van der Waals surface area (Å²) in [6.45, 7) is 2.95. The molecule has 0 unspecified atom stereocenters. The molecule has 0 aliphatic heterocycles. The zero-order valence-electron chi connectivity index (χ0n) is 11.2. The van der Waals surface area contributed by atoms with Crippen LogP contribution in [0.3, 0.4) is 0 Å². The lowest BCUT2D eigenvalue weighted by molar-refractivity contribution is 0.412. The molecular weight excluding hydrogens is 222 g/mol. The summed E-state index contributed by atoms with van der Waals surface area (Å²) in [7, 11) is 3.67. The van der Waals surface area contributed by atoms with E-state index >= 15 is 0 Å².